The highest BCUT2D eigenvalue weighted by Gasteiger charge is 2.24. The van der Waals surface area contributed by atoms with Gasteiger partial charge in [-0.25, -0.2) is 4.98 Å². The molecule has 6 nitrogen and oxygen atoms in total. The number of imidazole rings is 1. The summed E-state index contributed by atoms with van der Waals surface area (Å²) in [6, 6.07) is 17.6. The quantitative estimate of drug-likeness (QED) is 0.494. The molecule has 0 radical (unpaired) electrons. The average molecular weight is 390 g/mol. The average Bonchev–Trinajstić information content (AvgIpc) is 3.31. The van der Waals surface area contributed by atoms with Crippen molar-refractivity contribution < 1.29 is 9.53 Å². The number of nitrogens with zero attached hydrogens (tertiary/aromatic N) is 2. The first-order valence-electron chi connectivity index (χ1n) is 9.91. The number of fused-ring (bicyclic) bond motifs is 2. The number of aromatic amines is 1. The van der Waals surface area contributed by atoms with Gasteiger partial charge in [0.2, 0.25) is 0 Å². The second-order valence-corrected chi connectivity index (χ2v) is 7.57. The van der Waals surface area contributed by atoms with E-state index in [1.165, 1.54) is 0 Å². The minimum atomic E-state index is -0.219. The fourth-order valence-corrected chi connectivity index (χ4v) is 3.71. The van der Waals surface area contributed by atoms with Crippen LogP contribution in [0.2, 0.25) is 0 Å². The number of carbonyl (C=O) groups excluding carboxylic acids is 1. The Hall–Kier alpha value is -3.12. The van der Waals surface area contributed by atoms with E-state index in [1.54, 1.807) is 7.11 Å². The molecule has 1 atom stereocenters. The molecule has 4 rings (SSSR count). The van der Waals surface area contributed by atoms with Crippen molar-refractivity contribution in [2.24, 2.45) is 5.92 Å². The van der Waals surface area contributed by atoms with Crippen LogP contribution >= 0.6 is 0 Å². The third-order valence-electron chi connectivity index (χ3n) is 5.22. The summed E-state index contributed by atoms with van der Waals surface area (Å²) in [6.07, 6.45) is 0. The van der Waals surface area contributed by atoms with Crippen LogP contribution in [0.1, 0.15) is 36.2 Å². The molecule has 0 fully saturated rings. The molecule has 2 aromatic heterocycles. The molecule has 0 aliphatic heterocycles. The van der Waals surface area contributed by atoms with Gasteiger partial charge in [-0.15, -0.1) is 0 Å². The van der Waals surface area contributed by atoms with E-state index in [-0.39, 0.29) is 17.9 Å². The number of para-hydroxylation sites is 3. The number of nitrogens with one attached hydrogen (secondary N) is 2. The van der Waals surface area contributed by atoms with Gasteiger partial charge in [0.25, 0.3) is 5.91 Å². The Morgan fingerprint density at radius 3 is 2.69 bits per heavy atom. The minimum Gasteiger partial charge on any atom is -0.383 e. The highest BCUT2D eigenvalue weighted by atomic mass is 16.5. The molecule has 2 N–H and O–H groups in total. The Morgan fingerprint density at radius 1 is 1.17 bits per heavy atom. The van der Waals surface area contributed by atoms with Crippen molar-refractivity contribution in [1.29, 1.82) is 0 Å². The van der Waals surface area contributed by atoms with Crippen molar-refractivity contribution in [1.82, 2.24) is 19.9 Å². The molecule has 0 spiro atoms. The smallest absolute Gasteiger partial charge is 0.268 e. The van der Waals surface area contributed by atoms with Crippen molar-refractivity contribution in [3.63, 3.8) is 0 Å². The zero-order valence-electron chi connectivity index (χ0n) is 17.0. The zero-order valence-corrected chi connectivity index (χ0v) is 17.0. The topological polar surface area (TPSA) is 71.9 Å². The van der Waals surface area contributed by atoms with Crippen LogP contribution in [0.3, 0.4) is 0 Å². The van der Waals surface area contributed by atoms with Gasteiger partial charge in [0, 0.05) is 24.6 Å². The number of amides is 1. The van der Waals surface area contributed by atoms with Gasteiger partial charge < -0.3 is 19.6 Å². The summed E-state index contributed by atoms with van der Waals surface area (Å²) in [5.41, 5.74) is 3.53. The first-order valence-corrected chi connectivity index (χ1v) is 9.91. The van der Waals surface area contributed by atoms with Crippen LogP contribution in [0, 0.1) is 5.92 Å². The maximum absolute atomic E-state index is 13.3. The summed E-state index contributed by atoms with van der Waals surface area (Å²) < 4.78 is 7.27. The molecular weight excluding hydrogens is 364 g/mol. The van der Waals surface area contributed by atoms with Gasteiger partial charge in [0.05, 0.1) is 23.7 Å². The Kier molecular flexibility index (Phi) is 5.36. The van der Waals surface area contributed by atoms with E-state index < -0.39 is 0 Å². The van der Waals surface area contributed by atoms with E-state index in [1.807, 2.05) is 59.2 Å². The lowest BCUT2D eigenvalue weighted by Crippen LogP contribution is -2.34. The standard InChI is InChI=1S/C23H26N4O2/c1-15(2)21(22-24-17-9-5-6-10-18(17)25-22)26-23(28)20-14-16-8-4-7-11-19(16)27(20)12-13-29-3/h4-11,14-15,21H,12-13H2,1-3H3,(H,24,25)(H,26,28)/t21-/m0/s1. The Balaban J connectivity index is 1.67. The zero-order chi connectivity index (χ0) is 20.4. The van der Waals surface area contributed by atoms with Crippen LogP contribution in [0.5, 0.6) is 0 Å². The van der Waals surface area contributed by atoms with E-state index in [0.717, 1.165) is 27.8 Å². The fraction of sp³-hybridized carbons (Fsp3) is 0.304. The molecular formula is C23H26N4O2. The largest absolute Gasteiger partial charge is 0.383 e. The first-order chi connectivity index (χ1) is 14.1. The Morgan fingerprint density at radius 2 is 1.93 bits per heavy atom. The third-order valence-corrected chi connectivity index (χ3v) is 5.22. The molecule has 0 unspecified atom stereocenters. The van der Waals surface area contributed by atoms with Gasteiger partial charge in [-0.3, -0.25) is 4.79 Å². The molecule has 0 saturated carbocycles. The van der Waals surface area contributed by atoms with E-state index in [9.17, 15) is 4.79 Å². The van der Waals surface area contributed by atoms with Crippen LogP contribution in [0.4, 0.5) is 0 Å². The molecule has 1 amide bonds. The van der Waals surface area contributed by atoms with Crippen molar-refractivity contribution in [3.8, 4) is 0 Å². The van der Waals surface area contributed by atoms with Gasteiger partial charge in [0.15, 0.2) is 0 Å². The summed E-state index contributed by atoms with van der Waals surface area (Å²) in [4.78, 5) is 21.3. The minimum absolute atomic E-state index is 0.114. The molecule has 0 bridgehead atoms. The number of rotatable bonds is 7. The number of hydrogen-bond donors (Lipinski definition) is 2. The van der Waals surface area contributed by atoms with Gasteiger partial charge in [-0.2, -0.15) is 0 Å². The number of hydrogen-bond acceptors (Lipinski definition) is 3. The number of aromatic nitrogens is 3. The second kappa shape index (κ2) is 8.09. The van der Waals surface area contributed by atoms with Crippen LogP contribution in [-0.4, -0.2) is 34.2 Å². The lowest BCUT2D eigenvalue weighted by Gasteiger charge is -2.21. The van der Waals surface area contributed by atoms with E-state index in [4.69, 9.17) is 9.72 Å². The fourth-order valence-electron chi connectivity index (χ4n) is 3.71. The van der Waals surface area contributed by atoms with Gasteiger partial charge in [-0.1, -0.05) is 44.2 Å². The van der Waals surface area contributed by atoms with E-state index in [0.29, 0.717) is 18.8 Å². The second-order valence-electron chi connectivity index (χ2n) is 7.57. The lowest BCUT2D eigenvalue weighted by atomic mass is 10.0. The van der Waals surface area contributed by atoms with Gasteiger partial charge >= 0.3 is 0 Å². The molecule has 2 aromatic carbocycles. The molecule has 29 heavy (non-hydrogen) atoms. The number of H-pyrrole nitrogens is 1. The van der Waals surface area contributed by atoms with Crippen molar-refractivity contribution in [2.75, 3.05) is 13.7 Å². The predicted molar refractivity (Wildman–Crippen MR) is 115 cm³/mol. The summed E-state index contributed by atoms with van der Waals surface area (Å²) in [5, 5.41) is 4.23. The number of carbonyl (C=O) groups is 1. The molecule has 0 aliphatic rings. The first kappa shape index (κ1) is 19.2. The van der Waals surface area contributed by atoms with Gasteiger partial charge in [-0.05, 0) is 30.2 Å². The molecule has 150 valence electrons. The van der Waals surface area contributed by atoms with Crippen molar-refractivity contribution in [2.45, 2.75) is 26.4 Å². The van der Waals surface area contributed by atoms with Crippen molar-refractivity contribution in [3.05, 3.63) is 66.1 Å². The summed E-state index contributed by atoms with van der Waals surface area (Å²) in [5.74, 6) is 0.835. The molecule has 4 aromatic rings. The molecule has 0 aliphatic carbocycles. The van der Waals surface area contributed by atoms with Crippen LogP contribution < -0.4 is 5.32 Å². The Labute approximate surface area is 169 Å². The van der Waals surface area contributed by atoms with E-state index >= 15 is 0 Å². The van der Waals surface area contributed by atoms with Crippen LogP contribution in [0.25, 0.3) is 21.9 Å². The molecule has 0 saturated heterocycles. The summed E-state index contributed by atoms with van der Waals surface area (Å²) in [7, 11) is 1.67. The summed E-state index contributed by atoms with van der Waals surface area (Å²) >= 11 is 0. The van der Waals surface area contributed by atoms with E-state index in [2.05, 4.69) is 24.1 Å². The lowest BCUT2D eigenvalue weighted by molar-refractivity contribution is 0.0912. The number of ether oxygens (including phenoxy) is 1. The highest BCUT2D eigenvalue weighted by Crippen LogP contribution is 2.24. The van der Waals surface area contributed by atoms with Crippen LogP contribution in [-0.2, 0) is 11.3 Å². The summed E-state index contributed by atoms with van der Waals surface area (Å²) in [6.45, 7) is 5.32. The monoisotopic (exact) mass is 390 g/mol. The van der Waals surface area contributed by atoms with Crippen LogP contribution in [0.15, 0.2) is 54.6 Å². The maximum atomic E-state index is 13.3. The Bertz CT molecular complexity index is 1110. The predicted octanol–water partition coefficient (Wildman–Crippen LogP) is 4.29. The van der Waals surface area contributed by atoms with Crippen molar-refractivity contribution >= 4 is 27.8 Å². The normalized spacial score (nSPS) is 12.7. The number of benzene rings is 2. The molecule has 6 heteroatoms. The highest BCUT2D eigenvalue weighted by molar-refractivity contribution is 5.99. The van der Waals surface area contributed by atoms with Gasteiger partial charge in [0.1, 0.15) is 11.5 Å². The SMILES string of the molecule is COCCn1c(C(=O)N[C@H](c2nc3ccccc3[nH]2)C(C)C)cc2ccccc21. The molecule has 2 heterocycles. The third kappa shape index (κ3) is 3.76. The maximum Gasteiger partial charge on any atom is 0.268 e. The number of methoxy groups -OCH3 is 1.